The SMILES string of the molecule is CC1=C(C(=O)OCC(C)C)C(c2cccc(NC(=O)CCC3CCCC3)c2)N2CCCSC2=N1. The normalized spacial score (nSPS) is 20.9. The van der Waals surface area contributed by atoms with Crippen LogP contribution in [0, 0.1) is 11.8 Å². The van der Waals surface area contributed by atoms with Gasteiger partial charge in [-0.3, -0.25) is 4.79 Å². The summed E-state index contributed by atoms with van der Waals surface area (Å²) in [5.74, 6) is 1.74. The van der Waals surface area contributed by atoms with E-state index in [1.807, 2.05) is 45.0 Å². The number of hydrogen-bond acceptors (Lipinski definition) is 6. The third-order valence-corrected chi connectivity index (χ3v) is 7.84. The Labute approximate surface area is 207 Å². The van der Waals surface area contributed by atoms with Crippen LogP contribution < -0.4 is 5.32 Å². The monoisotopic (exact) mass is 483 g/mol. The number of anilines is 1. The molecule has 7 heteroatoms. The second-order valence-corrected chi connectivity index (χ2v) is 11.1. The van der Waals surface area contributed by atoms with Crippen LogP contribution in [0.5, 0.6) is 0 Å². The molecule has 0 spiro atoms. The Balaban J connectivity index is 1.55. The highest BCUT2D eigenvalue weighted by molar-refractivity contribution is 8.13. The van der Waals surface area contributed by atoms with Gasteiger partial charge in [-0.25, -0.2) is 9.79 Å². The minimum atomic E-state index is -0.305. The molecule has 1 N–H and O–H groups in total. The number of esters is 1. The summed E-state index contributed by atoms with van der Waals surface area (Å²) in [6.07, 6.45) is 7.66. The second-order valence-electron chi connectivity index (χ2n) is 10.0. The summed E-state index contributed by atoms with van der Waals surface area (Å²) in [6, 6.07) is 7.65. The van der Waals surface area contributed by atoms with Gasteiger partial charge in [-0.05, 0) is 49.3 Å². The van der Waals surface area contributed by atoms with Crippen LogP contribution >= 0.6 is 11.8 Å². The molecule has 1 saturated carbocycles. The van der Waals surface area contributed by atoms with Crippen LogP contribution in [0.1, 0.15) is 77.3 Å². The van der Waals surface area contributed by atoms with Crippen molar-refractivity contribution in [3.63, 3.8) is 0 Å². The van der Waals surface area contributed by atoms with Gasteiger partial charge in [0.25, 0.3) is 0 Å². The van der Waals surface area contributed by atoms with Gasteiger partial charge < -0.3 is 15.0 Å². The molecule has 0 radical (unpaired) electrons. The number of aliphatic imine (C=N–C) groups is 1. The summed E-state index contributed by atoms with van der Waals surface area (Å²) in [6.45, 7) is 7.17. The molecule has 2 heterocycles. The van der Waals surface area contributed by atoms with E-state index in [0.717, 1.165) is 41.6 Å². The molecule has 0 bridgehead atoms. The molecule has 2 aliphatic heterocycles. The first-order chi connectivity index (χ1) is 16.4. The number of rotatable bonds is 8. The zero-order valence-corrected chi connectivity index (χ0v) is 21.5. The number of nitrogens with zero attached hydrogens (tertiary/aromatic N) is 2. The smallest absolute Gasteiger partial charge is 0.338 e. The first-order valence-electron chi connectivity index (χ1n) is 12.7. The van der Waals surface area contributed by atoms with Crippen molar-refractivity contribution in [3.8, 4) is 0 Å². The van der Waals surface area contributed by atoms with Crippen molar-refractivity contribution in [1.82, 2.24) is 4.90 Å². The Hall–Kier alpha value is -2.28. The molecule has 1 atom stereocenters. The fraction of sp³-hybridized carbons (Fsp3) is 0.593. The highest BCUT2D eigenvalue weighted by atomic mass is 32.2. The quantitative estimate of drug-likeness (QED) is 0.465. The van der Waals surface area contributed by atoms with Crippen LogP contribution in [0.3, 0.4) is 0 Å². The van der Waals surface area contributed by atoms with Gasteiger partial charge in [0, 0.05) is 24.4 Å². The molecule has 1 aliphatic carbocycles. The Bertz CT molecular complexity index is 966. The number of allylic oxidation sites excluding steroid dienone is 1. The zero-order valence-electron chi connectivity index (χ0n) is 20.6. The van der Waals surface area contributed by atoms with E-state index in [9.17, 15) is 9.59 Å². The number of amides is 1. The molecular formula is C27H37N3O3S. The number of nitrogens with one attached hydrogen (secondary N) is 1. The lowest BCUT2D eigenvalue weighted by Gasteiger charge is -2.40. The number of fused-ring (bicyclic) bond motifs is 1. The van der Waals surface area contributed by atoms with Crippen molar-refractivity contribution in [3.05, 3.63) is 41.1 Å². The van der Waals surface area contributed by atoms with Gasteiger partial charge in [-0.15, -0.1) is 0 Å². The maximum absolute atomic E-state index is 13.2. The topological polar surface area (TPSA) is 71.0 Å². The maximum Gasteiger partial charge on any atom is 0.338 e. The molecule has 0 aromatic heterocycles. The fourth-order valence-electron chi connectivity index (χ4n) is 5.04. The fourth-order valence-corrected chi connectivity index (χ4v) is 6.06. The minimum Gasteiger partial charge on any atom is -0.462 e. The second kappa shape index (κ2) is 11.4. The summed E-state index contributed by atoms with van der Waals surface area (Å²) in [7, 11) is 0. The number of ether oxygens (including phenoxy) is 1. The molecule has 34 heavy (non-hydrogen) atoms. The van der Waals surface area contributed by atoms with Crippen LogP contribution in [-0.4, -0.2) is 40.8 Å². The lowest BCUT2D eigenvalue weighted by Crippen LogP contribution is -2.42. The number of hydrogen-bond donors (Lipinski definition) is 1. The summed E-state index contributed by atoms with van der Waals surface area (Å²) in [4.78, 5) is 32.8. The number of thioether (sulfide) groups is 1. The van der Waals surface area contributed by atoms with Crippen LogP contribution in [-0.2, 0) is 14.3 Å². The van der Waals surface area contributed by atoms with E-state index in [-0.39, 0.29) is 23.8 Å². The van der Waals surface area contributed by atoms with Gasteiger partial charge in [0.2, 0.25) is 5.91 Å². The van der Waals surface area contributed by atoms with Crippen molar-refractivity contribution in [2.24, 2.45) is 16.8 Å². The highest BCUT2D eigenvalue weighted by Gasteiger charge is 2.38. The third-order valence-electron chi connectivity index (χ3n) is 6.77. The average Bonchev–Trinajstić information content (AvgIpc) is 3.34. The Morgan fingerprint density at radius 1 is 1.24 bits per heavy atom. The molecule has 4 rings (SSSR count). The summed E-state index contributed by atoms with van der Waals surface area (Å²) in [5, 5.41) is 4.05. The molecule has 1 aromatic rings. The van der Waals surface area contributed by atoms with E-state index < -0.39 is 0 Å². The van der Waals surface area contributed by atoms with Crippen LogP contribution in [0.2, 0.25) is 0 Å². The van der Waals surface area contributed by atoms with E-state index in [2.05, 4.69) is 10.2 Å². The van der Waals surface area contributed by atoms with Crippen LogP contribution in [0.25, 0.3) is 0 Å². The van der Waals surface area contributed by atoms with Gasteiger partial charge in [0.1, 0.15) is 0 Å². The van der Waals surface area contributed by atoms with Crippen LogP contribution in [0.15, 0.2) is 40.5 Å². The van der Waals surface area contributed by atoms with E-state index in [1.165, 1.54) is 25.7 Å². The Morgan fingerprint density at radius 2 is 2.03 bits per heavy atom. The van der Waals surface area contributed by atoms with Gasteiger partial charge in [-0.2, -0.15) is 0 Å². The largest absolute Gasteiger partial charge is 0.462 e. The molecule has 3 aliphatic rings. The van der Waals surface area contributed by atoms with Gasteiger partial charge in [0.05, 0.1) is 23.9 Å². The van der Waals surface area contributed by atoms with Crippen molar-refractivity contribution in [2.75, 3.05) is 24.2 Å². The van der Waals surface area contributed by atoms with Gasteiger partial charge >= 0.3 is 5.97 Å². The van der Waals surface area contributed by atoms with Gasteiger partial charge in [0.15, 0.2) is 5.17 Å². The molecule has 2 fully saturated rings. The summed E-state index contributed by atoms with van der Waals surface area (Å²) < 4.78 is 5.65. The molecule has 1 unspecified atom stereocenters. The first kappa shape index (κ1) is 24.8. The predicted octanol–water partition coefficient (Wildman–Crippen LogP) is 5.92. The molecule has 1 amide bonds. The molecule has 6 nitrogen and oxygen atoms in total. The molecule has 184 valence electrons. The standard InChI is InChI=1S/C27H37N3O3S/c1-18(2)17-33-26(32)24-19(3)28-27-30(14-7-15-34-27)25(24)21-10-6-11-22(16-21)29-23(31)13-12-20-8-4-5-9-20/h6,10-11,16,18,20,25H,4-5,7-9,12-15,17H2,1-3H3,(H,29,31). The molecular weight excluding hydrogens is 446 g/mol. The van der Waals surface area contributed by atoms with Crippen molar-refractivity contribution in [1.29, 1.82) is 0 Å². The van der Waals surface area contributed by atoms with E-state index >= 15 is 0 Å². The summed E-state index contributed by atoms with van der Waals surface area (Å²) in [5.41, 5.74) is 3.05. The first-order valence-corrected chi connectivity index (χ1v) is 13.7. The van der Waals surface area contributed by atoms with E-state index in [1.54, 1.807) is 11.8 Å². The highest BCUT2D eigenvalue weighted by Crippen LogP contribution is 2.40. The zero-order chi connectivity index (χ0) is 24.1. The number of amidine groups is 1. The molecule has 1 aromatic carbocycles. The van der Waals surface area contributed by atoms with Crippen molar-refractivity contribution < 1.29 is 14.3 Å². The van der Waals surface area contributed by atoms with Crippen molar-refractivity contribution in [2.45, 2.75) is 71.8 Å². The summed E-state index contributed by atoms with van der Waals surface area (Å²) >= 11 is 1.73. The number of benzene rings is 1. The van der Waals surface area contributed by atoms with Crippen molar-refractivity contribution >= 4 is 34.5 Å². The van der Waals surface area contributed by atoms with E-state index in [4.69, 9.17) is 9.73 Å². The molecule has 1 saturated heterocycles. The van der Waals surface area contributed by atoms with Gasteiger partial charge in [-0.1, -0.05) is 63.4 Å². The maximum atomic E-state index is 13.2. The van der Waals surface area contributed by atoms with Crippen LogP contribution in [0.4, 0.5) is 5.69 Å². The Kier molecular flexibility index (Phi) is 8.35. The van der Waals surface area contributed by atoms with E-state index in [0.29, 0.717) is 30.2 Å². The average molecular weight is 484 g/mol. The lowest BCUT2D eigenvalue weighted by atomic mass is 9.94. The lowest BCUT2D eigenvalue weighted by molar-refractivity contribution is -0.141. The predicted molar refractivity (Wildman–Crippen MR) is 139 cm³/mol. The third kappa shape index (κ3) is 6.04. The Morgan fingerprint density at radius 3 is 2.79 bits per heavy atom. The number of carbonyl (C=O) groups is 2. The minimum absolute atomic E-state index is 0.0618. The number of carbonyl (C=O) groups excluding carboxylic acids is 2.